The SMILES string of the molecule is O=[N+]([O-])c1ccccc1OOOc1ccccc1[N+](=O)[O-]. The molecule has 2 aromatic carbocycles. The average molecular weight is 292 g/mol. The molecule has 0 N–H and O–H groups in total. The highest BCUT2D eigenvalue weighted by atomic mass is 17.5. The molecule has 9 heteroatoms. The lowest BCUT2D eigenvalue weighted by molar-refractivity contribution is -0.431. The van der Waals surface area contributed by atoms with E-state index in [0.29, 0.717) is 0 Å². The summed E-state index contributed by atoms with van der Waals surface area (Å²) in [4.78, 5) is 29.5. The van der Waals surface area contributed by atoms with E-state index in [9.17, 15) is 20.2 Å². The van der Waals surface area contributed by atoms with Gasteiger partial charge in [0, 0.05) is 17.2 Å². The Hall–Kier alpha value is -3.20. The maximum atomic E-state index is 10.7. The van der Waals surface area contributed by atoms with Crippen molar-refractivity contribution in [3.05, 3.63) is 68.8 Å². The van der Waals surface area contributed by atoms with E-state index in [0.717, 1.165) is 0 Å². The molecule has 0 atom stereocenters. The lowest BCUT2D eigenvalue weighted by Crippen LogP contribution is -2.05. The van der Waals surface area contributed by atoms with E-state index in [2.05, 4.69) is 14.8 Å². The highest BCUT2D eigenvalue weighted by Crippen LogP contribution is 2.28. The standard InChI is InChI=1S/C12H8N2O7/c15-13(16)9-5-1-3-7-11(9)19-21-20-12-8-4-2-6-10(12)14(17)18/h1-8H. The molecular formula is C12H8N2O7. The topological polar surface area (TPSA) is 114 Å². The number of benzene rings is 2. The Morgan fingerprint density at radius 1 is 0.714 bits per heavy atom. The second-order valence-electron chi connectivity index (χ2n) is 3.68. The molecule has 0 radical (unpaired) electrons. The fourth-order valence-electron chi connectivity index (χ4n) is 1.45. The number of rotatable bonds is 6. The molecule has 21 heavy (non-hydrogen) atoms. The third kappa shape index (κ3) is 3.42. The Balaban J connectivity index is 2.06. The lowest BCUT2D eigenvalue weighted by atomic mass is 10.3. The van der Waals surface area contributed by atoms with E-state index in [1.165, 1.54) is 48.5 Å². The zero-order valence-corrected chi connectivity index (χ0v) is 10.4. The Morgan fingerprint density at radius 3 is 1.48 bits per heavy atom. The second-order valence-corrected chi connectivity index (χ2v) is 3.68. The molecule has 2 rings (SSSR count). The quantitative estimate of drug-likeness (QED) is 0.456. The third-order valence-electron chi connectivity index (χ3n) is 2.37. The van der Waals surface area contributed by atoms with Gasteiger partial charge in [-0.25, -0.2) is 0 Å². The molecule has 0 heterocycles. The molecule has 9 nitrogen and oxygen atoms in total. The van der Waals surface area contributed by atoms with E-state index in [1.807, 2.05) is 0 Å². The molecule has 0 unspecified atom stereocenters. The second kappa shape index (κ2) is 6.30. The van der Waals surface area contributed by atoms with Gasteiger partial charge in [-0.3, -0.25) is 30.0 Å². The molecule has 0 amide bonds. The van der Waals surface area contributed by atoms with Crippen LogP contribution in [0.4, 0.5) is 11.4 Å². The van der Waals surface area contributed by atoms with Crippen molar-refractivity contribution in [3.63, 3.8) is 0 Å². The predicted molar refractivity (Wildman–Crippen MR) is 68.5 cm³/mol. The van der Waals surface area contributed by atoms with Crippen molar-refractivity contribution in [2.75, 3.05) is 0 Å². The van der Waals surface area contributed by atoms with E-state index in [-0.39, 0.29) is 22.9 Å². The van der Waals surface area contributed by atoms with Gasteiger partial charge >= 0.3 is 11.4 Å². The summed E-state index contributed by atoms with van der Waals surface area (Å²) in [6.45, 7) is 0. The molecule has 108 valence electrons. The number of hydrogen-bond donors (Lipinski definition) is 0. The minimum atomic E-state index is -0.663. The molecule has 0 spiro atoms. The van der Waals surface area contributed by atoms with Gasteiger partial charge in [0.2, 0.25) is 11.5 Å². The van der Waals surface area contributed by atoms with Gasteiger partial charge in [-0.05, 0) is 12.1 Å². The largest absolute Gasteiger partial charge is 0.315 e. The third-order valence-corrected chi connectivity index (χ3v) is 2.37. The van der Waals surface area contributed by atoms with Gasteiger partial charge in [0.15, 0.2) is 0 Å². The summed E-state index contributed by atoms with van der Waals surface area (Å²) in [5.74, 6) is -0.387. The smallest absolute Gasteiger partial charge is 0.292 e. The van der Waals surface area contributed by atoms with Crippen LogP contribution in [0.15, 0.2) is 48.5 Å². The van der Waals surface area contributed by atoms with Crippen LogP contribution in [0.3, 0.4) is 0 Å². The normalized spacial score (nSPS) is 9.90. The first-order valence-corrected chi connectivity index (χ1v) is 5.57. The molecule has 0 aliphatic carbocycles. The van der Waals surface area contributed by atoms with Crippen LogP contribution >= 0.6 is 0 Å². The summed E-state index contributed by atoms with van der Waals surface area (Å²) in [5.41, 5.74) is -0.660. The van der Waals surface area contributed by atoms with Crippen LogP contribution in [-0.2, 0) is 5.04 Å². The molecule has 0 aromatic heterocycles. The molecule has 0 fully saturated rings. The van der Waals surface area contributed by atoms with E-state index in [1.54, 1.807) is 0 Å². The van der Waals surface area contributed by atoms with Crippen LogP contribution in [0, 0.1) is 20.2 Å². The Labute approximate surface area is 117 Å². The summed E-state index contributed by atoms with van der Waals surface area (Å²) in [5, 5.41) is 25.9. The van der Waals surface area contributed by atoms with Crippen LogP contribution in [0.2, 0.25) is 0 Å². The van der Waals surface area contributed by atoms with Gasteiger partial charge in [-0.2, -0.15) is 0 Å². The van der Waals surface area contributed by atoms with E-state index >= 15 is 0 Å². The predicted octanol–water partition coefficient (Wildman–Crippen LogP) is 2.81. The zero-order chi connectivity index (χ0) is 15.2. The van der Waals surface area contributed by atoms with Crippen molar-refractivity contribution in [3.8, 4) is 11.5 Å². The average Bonchev–Trinajstić information content (AvgIpc) is 2.48. The van der Waals surface area contributed by atoms with Crippen LogP contribution in [0.5, 0.6) is 11.5 Å². The maximum Gasteiger partial charge on any atom is 0.315 e. The van der Waals surface area contributed by atoms with E-state index in [4.69, 9.17) is 0 Å². The Bertz CT molecular complexity index is 617. The van der Waals surface area contributed by atoms with Crippen LogP contribution in [-0.4, -0.2) is 9.85 Å². The summed E-state index contributed by atoms with van der Waals surface area (Å²) >= 11 is 0. The van der Waals surface area contributed by atoms with Gasteiger partial charge in [0.05, 0.1) is 9.85 Å². The van der Waals surface area contributed by atoms with Crippen molar-refractivity contribution in [1.29, 1.82) is 0 Å². The summed E-state index contributed by atoms with van der Waals surface area (Å²) in [6.07, 6.45) is 0. The first-order valence-electron chi connectivity index (χ1n) is 5.57. The number of para-hydroxylation sites is 4. The van der Waals surface area contributed by atoms with Crippen molar-refractivity contribution >= 4 is 11.4 Å². The van der Waals surface area contributed by atoms with Gasteiger partial charge < -0.3 is 0 Å². The molecule has 0 saturated heterocycles. The van der Waals surface area contributed by atoms with Crippen LogP contribution < -0.4 is 9.78 Å². The van der Waals surface area contributed by atoms with Crippen molar-refractivity contribution in [1.82, 2.24) is 0 Å². The fraction of sp³-hybridized carbons (Fsp3) is 0. The van der Waals surface area contributed by atoms with Gasteiger partial charge in [0.1, 0.15) is 0 Å². The lowest BCUT2D eigenvalue weighted by Gasteiger charge is -2.05. The van der Waals surface area contributed by atoms with Crippen LogP contribution in [0.25, 0.3) is 0 Å². The minimum absolute atomic E-state index is 0.193. The summed E-state index contributed by atoms with van der Waals surface area (Å²) in [7, 11) is 0. The van der Waals surface area contributed by atoms with Gasteiger partial charge in [0.25, 0.3) is 0 Å². The monoisotopic (exact) mass is 292 g/mol. The van der Waals surface area contributed by atoms with E-state index < -0.39 is 9.85 Å². The molecule has 0 bridgehead atoms. The summed E-state index contributed by atoms with van der Waals surface area (Å²) < 4.78 is 0. The first kappa shape index (κ1) is 14.2. The van der Waals surface area contributed by atoms with Crippen LogP contribution in [0.1, 0.15) is 0 Å². The van der Waals surface area contributed by atoms with Crippen molar-refractivity contribution in [2.45, 2.75) is 0 Å². The summed E-state index contributed by atoms with van der Waals surface area (Å²) in [6, 6.07) is 10.9. The number of nitro groups is 2. The maximum absolute atomic E-state index is 10.7. The Morgan fingerprint density at radius 2 is 1.10 bits per heavy atom. The first-order chi connectivity index (χ1) is 10.1. The molecule has 0 aliphatic heterocycles. The minimum Gasteiger partial charge on any atom is -0.292 e. The number of nitrogens with zero attached hydrogens (tertiary/aromatic N) is 2. The molecular weight excluding hydrogens is 284 g/mol. The number of nitro benzene ring substituents is 2. The molecule has 0 saturated carbocycles. The molecule has 0 aliphatic rings. The Kier molecular flexibility index (Phi) is 4.26. The molecule has 2 aromatic rings. The zero-order valence-electron chi connectivity index (χ0n) is 10.4. The van der Waals surface area contributed by atoms with Crippen molar-refractivity contribution in [2.24, 2.45) is 0 Å². The highest BCUT2D eigenvalue weighted by Gasteiger charge is 2.18. The van der Waals surface area contributed by atoms with Gasteiger partial charge in [-0.15, -0.1) is 0 Å². The highest BCUT2D eigenvalue weighted by molar-refractivity contribution is 5.46. The number of hydrogen-bond acceptors (Lipinski definition) is 7. The fourth-order valence-corrected chi connectivity index (χ4v) is 1.45. The van der Waals surface area contributed by atoms with Crippen molar-refractivity contribution < 1.29 is 24.7 Å². The van der Waals surface area contributed by atoms with Gasteiger partial charge in [-0.1, -0.05) is 24.3 Å².